The van der Waals surface area contributed by atoms with Crippen LogP contribution in [0.1, 0.15) is 61.7 Å². The number of aliphatic hydroxyl groups is 1. The minimum Gasteiger partial charge on any atom is -0.447 e. The number of nitrogens with zero attached hydrogens (tertiary/aromatic N) is 3. The molecule has 0 spiro atoms. The maximum absolute atomic E-state index is 13.1. The highest BCUT2D eigenvalue weighted by atomic mass is 16.3. The number of piperidine rings is 3. The van der Waals surface area contributed by atoms with Gasteiger partial charge >= 0.3 is 0 Å². The van der Waals surface area contributed by atoms with Crippen LogP contribution in [0.2, 0.25) is 0 Å². The van der Waals surface area contributed by atoms with Crippen molar-refractivity contribution in [1.82, 2.24) is 14.8 Å². The summed E-state index contributed by atoms with van der Waals surface area (Å²) in [7, 11) is 0. The average Bonchev–Trinajstić information content (AvgIpc) is 3.12. The first kappa shape index (κ1) is 17.5. The molecule has 3 saturated heterocycles. The largest absolute Gasteiger partial charge is 0.447 e. The Labute approximate surface area is 153 Å². The van der Waals surface area contributed by atoms with Gasteiger partial charge in [-0.15, -0.1) is 0 Å². The van der Waals surface area contributed by atoms with Crippen LogP contribution in [-0.4, -0.2) is 63.5 Å². The standard InChI is InChI=1S/C19H27N3O4/c1-11(2)18-17(20-10-26-18)19(25)21-7-12-6-13(8-21)15(9-23)22-14(12)4-3-5-16(22)24/h10-15,23H,3-9H2,1-2H3/t12-,13+,14+,15+/m1/s1. The molecular formula is C19H27N3O4. The van der Waals surface area contributed by atoms with Crippen molar-refractivity contribution in [3.63, 3.8) is 0 Å². The molecule has 1 aromatic heterocycles. The van der Waals surface area contributed by atoms with Crippen molar-refractivity contribution in [2.75, 3.05) is 19.7 Å². The Morgan fingerprint density at radius 3 is 2.88 bits per heavy atom. The minimum atomic E-state index is -0.179. The molecule has 4 heterocycles. The van der Waals surface area contributed by atoms with Gasteiger partial charge in [-0.1, -0.05) is 13.8 Å². The summed E-state index contributed by atoms with van der Waals surface area (Å²) < 4.78 is 5.42. The van der Waals surface area contributed by atoms with E-state index < -0.39 is 0 Å². The van der Waals surface area contributed by atoms with E-state index in [1.165, 1.54) is 6.39 Å². The van der Waals surface area contributed by atoms with Crippen LogP contribution in [0, 0.1) is 11.8 Å². The first-order chi connectivity index (χ1) is 12.5. The Hall–Kier alpha value is -1.89. The first-order valence-electron chi connectivity index (χ1n) is 9.66. The highest BCUT2D eigenvalue weighted by Gasteiger charge is 2.50. The van der Waals surface area contributed by atoms with Gasteiger partial charge in [0.15, 0.2) is 12.1 Å². The van der Waals surface area contributed by atoms with Crippen molar-refractivity contribution >= 4 is 11.8 Å². The number of hydrogen-bond acceptors (Lipinski definition) is 5. The van der Waals surface area contributed by atoms with Crippen molar-refractivity contribution in [1.29, 1.82) is 0 Å². The van der Waals surface area contributed by atoms with Gasteiger partial charge in [0.05, 0.1) is 12.6 Å². The summed E-state index contributed by atoms with van der Waals surface area (Å²) in [5.74, 6) is 1.18. The SMILES string of the molecule is CC(C)c1ocnc1C(=O)N1C[C@H]2C[C@@H](C1)[C@H](CO)N1C(=O)CCC[C@@H]21. The Kier molecular flexibility index (Phi) is 4.50. The normalized spacial score (nSPS) is 31.3. The molecule has 0 aliphatic carbocycles. The van der Waals surface area contributed by atoms with Gasteiger partial charge in [-0.2, -0.15) is 0 Å². The van der Waals surface area contributed by atoms with Crippen LogP contribution in [0.15, 0.2) is 10.8 Å². The van der Waals surface area contributed by atoms with Crippen LogP contribution in [0.4, 0.5) is 0 Å². The molecule has 3 aliphatic heterocycles. The highest BCUT2D eigenvalue weighted by Crippen LogP contribution is 2.41. The summed E-state index contributed by atoms with van der Waals surface area (Å²) >= 11 is 0. The van der Waals surface area contributed by atoms with Gasteiger partial charge in [0.2, 0.25) is 5.91 Å². The minimum absolute atomic E-state index is 0.0388. The van der Waals surface area contributed by atoms with E-state index in [4.69, 9.17) is 4.42 Å². The Morgan fingerprint density at radius 1 is 1.38 bits per heavy atom. The molecule has 3 aliphatic rings. The lowest BCUT2D eigenvalue weighted by Crippen LogP contribution is -2.66. The van der Waals surface area contributed by atoms with Crippen molar-refractivity contribution in [3.8, 4) is 0 Å². The van der Waals surface area contributed by atoms with Crippen LogP contribution in [0.25, 0.3) is 0 Å². The molecule has 4 rings (SSSR count). The molecule has 3 fully saturated rings. The molecule has 1 N–H and O–H groups in total. The Bertz CT molecular complexity index is 687. The third-order valence-electron chi connectivity index (χ3n) is 6.29. The van der Waals surface area contributed by atoms with E-state index in [1.54, 1.807) is 0 Å². The number of fused-ring (bicyclic) bond motifs is 4. The summed E-state index contributed by atoms with van der Waals surface area (Å²) in [6.45, 7) is 5.13. The van der Waals surface area contributed by atoms with Crippen LogP contribution in [0.3, 0.4) is 0 Å². The lowest BCUT2D eigenvalue weighted by atomic mass is 9.72. The summed E-state index contributed by atoms with van der Waals surface area (Å²) in [5, 5.41) is 9.96. The molecule has 0 saturated carbocycles. The first-order valence-corrected chi connectivity index (χ1v) is 9.66. The number of aliphatic hydroxyl groups excluding tert-OH is 1. The van der Waals surface area contributed by atoms with E-state index in [1.807, 2.05) is 23.6 Å². The number of amides is 2. The van der Waals surface area contributed by atoms with E-state index in [-0.39, 0.29) is 48.3 Å². The number of oxazole rings is 1. The van der Waals surface area contributed by atoms with Gasteiger partial charge in [0, 0.05) is 31.5 Å². The van der Waals surface area contributed by atoms with Crippen LogP contribution in [0.5, 0.6) is 0 Å². The molecule has 1 aromatic rings. The Balaban J connectivity index is 1.60. The maximum Gasteiger partial charge on any atom is 0.276 e. The van der Waals surface area contributed by atoms with E-state index in [2.05, 4.69) is 4.98 Å². The number of likely N-dealkylation sites (tertiary alicyclic amines) is 1. The fourth-order valence-corrected chi connectivity index (χ4v) is 5.15. The lowest BCUT2D eigenvalue weighted by Gasteiger charge is -2.56. The van der Waals surface area contributed by atoms with Gasteiger partial charge in [-0.25, -0.2) is 4.98 Å². The predicted octanol–water partition coefficient (Wildman–Crippen LogP) is 1.63. The van der Waals surface area contributed by atoms with E-state index >= 15 is 0 Å². The second-order valence-corrected chi connectivity index (χ2v) is 8.20. The zero-order chi connectivity index (χ0) is 18.4. The molecule has 2 amide bonds. The summed E-state index contributed by atoms with van der Waals surface area (Å²) in [5.41, 5.74) is 0.400. The highest BCUT2D eigenvalue weighted by molar-refractivity contribution is 5.93. The molecule has 7 nitrogen and oxygen atoms in total. The number of rotatable bonds is 3. The zero-order valence-electron chi connectivity index (χ0n) is 15.4. The van der Waals surface area contributed by atoms with Crippen LogP contribution < -0.4 is 0 Å². The lowest BCUT2D eigenvalue weighted by molar-refractivity contribution is -0.154. The third-order valence-corrected chi connectivity index (χ3v) is 6.29. The number of carbonyl (C=O) groups excluding carboxylic acids is 2. The summed E-state index contributed by atoms with van der Waals surface area (Å²) in [6.07, 6.45) is 4.74. The van der Waals surface area contributed by atoms with Gasteiger partial charge in [0.25, 0.3) is 5.91 Å². The van der Waals surface area contributed by atoms with Gasteiger partial charge in [0.1, 0.15) is 5.76 Å². The van der Waals surface area contributed by atoms with Crippen molar-refractivity contribution in [2.24, 2.45) is 11.8 Å². The topological polar surface area (TPSA) is 86.9 Å². The summed E-state index contributed by atoms with van der Waals surface area (Å²) in [4.78, 5) is 33.5. The molecule has 26 heavy (non-hydrogen) atoms. The molecule has 7 heteroatoms. The van der Waals surface area contributed by atoms with E-state index in [0.717, 1.165) is 19.3 Å². The smallest absolute Gasteiger partial charge is 0.276 e. The third kappa shape index (κ3) is 2.73. The molecule has 4 atom stereocenters. The summed E-state index contributed by atoms with van der Waals surface area (Å²) in [6, 6.07) is -0.0383. The Morgan fingerprint density at radius 2 is 2.15 bits per heavy atom. The number of aromatic nitrogens is 1. The van der Waals surface area contributed by atoms with Crippen LogP contribution in [-0.2, 0) is 4.79 Å². The van der Waals surface area contributed by atoms with E-state index in [9.17, 15) is 14.7 Å². The molecule has 142 valence electrons. The predicted molar refractivity (Wildman–Crippen MR) is 93.5 cm³/mol. The quantitative estimate of drug-likeness (QED) is 0.884. The number of carbonyl (C=O) groups is 2. The van der Waals surface area contributed by atoms with Gasteiger partial charge < -0.3 is 19.3 Å². The molecular weight excluding hydrogens is 334 g/mol. The van der Waals surface area contributed by atoms with Crippen molar-refractivity contribution in [2.45, 2.75) is 57.5 Å². The zero-order valence-corrected chi connectivity index (χ0v) is 15.4. The average molecular weight is 361 g/mol. The monoisotopic (exact) mass is 361 g/mol. The van der Waals surface area contributed by atoms with Crippen molar-refractivity contribution in [3.05, 3.63) is 17.8 Å². The van der Waals surface area contributed by atoms with Crippen LogP contribution >= 0.6 is 0 Å². The maximum atomic E-state index is 13.1. The van der Waals surface area contributed by atoms with Gasteiger partial charge in [-0.3, -0.25) is 9.59 Å². The molecule has 0 unspecified atom stereocenters. The molecule has 0 aromatic carbocycles. The number of hydrogen-bond donors (Lipinski definition) is 1. The molecule has 0 radical (unpaired) electrons. The fourth-order valence-electron chi connectivity index (χ4n) is 5.15. The van der Waals surface area contributed by atoms with E-state index in [0.29, 0.717) is 31.0 Å². The second kappa shape index (κ2) is 6.68. The van der Waals surface area contributed by atoms with Gasteiger partial charge in [-0.05, 0) is 31.1 Å². The molecule has 2 bridgehead atoms. The van der Waals surface area contributed by atoms with Crippen molar-refractivity contribution < 1.29 is 19.1 Å². The second-order valence-electron chi connectivity index (χ2n) is 8.20. The fraction of sp³-hybridized carbons (Fsp3) is 0.737.